The molecule has 0 heterocycles. The quantitative estimate of drug-likeness (QED) is 0.658. The Morgan fingerprint density at radius 3 is 2.34 bits per heavy atom. The van der Waals surface area contributed by atoms with Crippen LogP contribution in [0.2, 0.25) is 5.02 Å². The van der Waals surface area contributed by atoms with Gasteiger partial charge in [0.25, 0.3) is 5.91 Å². The van der Waals surface area contributed by atoms with Gasteiger partial charge in [0.2, 0.25) is 10.0 Å². The summed E-state index contributed by atoms with van der Waals surface area (Å²) >= 11 is 5.87. The molecule has 0 aliphatic heterocycles. The maximum atomic E-state index is 12.4. The lowest BCUT2D eigenvalue weighted by molar-refractivity contribution is -0.123. The Labute approximate surface area is 176 Å². The van der Waals surface area contributed by atoms with Crippen molar-refractivity contribution in [3.8, 4) is 5.75 Å². The number of amides is 1. The van der Waals surface area contributed by atoms with Gasteiger partial charge in [0.05, 0.1) is 10.9 Å². The second-order valence-electron chi connectivity index (χ2n) is 7.20. The molecule has 0 saturated heterocycles. The Hall–Kier alpha value is -2.09. The smallest absolute Gasteiger partial charge is 0.258 e. The minimum atomic E-state index is -3.54. The maximum Gasteiger partial charge on any atom is 0.258 e. The van der Waals surface area contributed by atoms with E-state index in [0.717, 1.165) is 31.2 Å². The van der Waals surface area contributed by atoms with E-state index in [0.29, 0.717) is 10.8 Å². The molecular formula is C21H25ClN2O4S. The van der Waals surface area contributed by atoms with Crippen molar-refractivity contribution >= 4 is 27.5 Å². The average Bonchev–Trinajstić information content (AvgIpc) is 3.19. The van der Waals surface area contributed by atoms with Gasteiger partial charge in [-0.1, -0.05) is 36.6 Å². The number of rotatable bonds is 8. The molecule has 1 fully saturated rings. The van der Waals surface area contributed by atoms with Crippen molar-refractivity contribution in [1.82, 2.24) is 10.0 Å². The van der Waals surface area contributed by atoms with Crippen LogP contribution in [0.4, 0.5) is 0 Å². The summed E-state index contributed by atoms with van der Waals surface area (Å²) in [7, 11) is -3.54. The first-order valence-electron chi connectivity index (χ1n) is 9.63. The van der Waals surface area contributed by atoms with E-state index in [-0.39, 0.29) is 29.5 Å². The van der Waals surface area contributed by atoms with Crippen molar-refractivity contribution in [3.63, 3.8) is 0 Å². The van der Waals surface area contributed by atoms with Crippen LogP contribution in [0.25, 0.3) is 0 Å². The lowest BCUT2D eigenvalue weighted by Gasteiger charge is -2.15. The SMILES string of the molecule is C[C@H](NC(=O)COc1ccc(S(=O)(=O)NC2CCCC2)cc1)c1ccc(Cl)cc1. The molecule has 3 rings (SSSR count). The van der Waals surface area contributed by atoms with E-state index in [1.165, 1.54) is 12.1 Å². The normalized spacial score (nSPS) is 15.8. The van der Waals surface area contributed by atoms with E-state index in [1.807, 2.05) is 19.1 Å². The summed E-state index contributed by atoms with van der Waals surface area (Å²) in [6.07, 6.45) is 3.87. The molecule has 0 aromatic heterocycles. The second kappa shape index (κ2) is 9.61. The van der Waals surface area contributed by atoms with Crippen LogP contribution in [0.3, 0.4) is 0 Å². The third-order valence-corrected chi connectivity index (χ3v) is 6.72. The van der Waals surface area contributed by atoms with Crippen LogP contribution in [0.15, 0.2) is 53.4 Å². The first-order chi connectivity index (χ1) is 13.8. The molecule has 8 heteroatoms. The van der Waals surface area contributed by atoms with Crippen LogP contribution >= 0.6 is 11.6 Å². The Bertz CT molecular complexity index is 924. The number of carbonyl (C=O) groups is 1. The van der Waals surface area contributed by atoms with Crippen molar-refractivity contribution in [2.24, 2.45) is 0 Å². The topological polar surface area (TPSA) is 84.5 Å². The molecule has 1 aliphatic carbocycles. The average molecular weight is 437 g/mol. The van der Waals surface area contributed by atoms with Crippen molar-refractivity contribution in [1.29, 1.82) is 0 Å². The van der Waals surface area contributed by atoms with Gasteiger partial charge in [0.15, 0.2) is 6.61 Å². The van der Waals surface area contributed by atoms with Gasteiger partial charge >= 0.3 is 0 Å². The van der Waals surface area contributed by atoms with Gasteiger partial charge < -0.3 is 10.1 Å². The maximum absolute atomic E-state index is 12.4. The lowest BCUT2D eigenvalue weighted by atomic mass is 10.1. The molecule has 0 spiro atoms. The highest BCUT2D eigenvalue weighted by atomic mass is 35.5. The highest BCUT2D eigenvalue weighted by Gasteiger charge is 2.22. The summed E-state index contributed by atoms with van der Waals surface area (Å²) in [5.74, 6) is 0.158. The highest BCUT2D eigenvalue weighted by molar-refractivity contribution is 7.89. The lowest BCUT2D eigenvalue weighted by Crippen LogP contribution is -2.32. The van der Waals surface area contributed by atoms with Gasteiger partial charge in [-0.2, -0.15) is 0 Å². The van der Waals surface area contributed by atoms with Crippen LogP contribution < -0.4 is 14.8 Å². The number of hydrogen-bond donors (Lipinski definition) is 2. The summed E-state index contributed by atoms with van der Waals surface area (Å²) in [5, 5.41) is 3.49. The number of carbonyl (C=O) groups excluding carboxylic acids is 1. The molecule has 1 aliphatic rings. The van der Waals surface area contributed by atoms with Crippen LogP contribution in [-0.2, 0) is 14.8 Å². The second-order valence-corrected chi connectivity index (χ2v) is 9.35. The molecule has 0 bridgehead atoms. The van der Waals surface area contributed by atoms with E-state index in [4.69, 9.17) is 16.3 Å². The van der Waals surface area contributed by atoms with Crippen LogP contribution in [0.5, 0.6) is 5.75 Å². The summed E-state index contributed by atoms with van der Waals surface area (Å²) in [6.45, 7) is 1.71. The van der Waals surface area contributed by atoms with Crippen LogP contribution in [0.1, 0.15) is 44.2 Å². The monoisotopic (exact) mass is 436 g/mol. The third-order valence-electron chi connectivity index (χ3n) is 4.93. The predicted octanol–water partition coefficient (Wildman–Crippen LogP) is 3.82. The minimum Gasteiger partial charge on any atom is -0.484 e. The van der Waals surface area contributed by atoms with Gasteiger partial charge in [0.1, 0.15) is 5.75 Å². The molecule has 1 atom stereocenters. The number of nitrogens with one attached hydrogen (secondary N) is 2. The van der Waals surface area contributed by atoms with Gasteiger partial charge in [-0.05, 0) is 61.7 Å². The van der Waals surface area contributed by atoms with E-state index in [9.17, 15) is 13.2 Å². The molecule has 2 aromatic carbocycles. The number of ether oxygens (including phenoxy) is 1. The molecule has 0 unspecified atom stereocenters. The number of sulfonamides is 1. The number of benzene rings is 2. The fourth-order valence-electron chi connectivity index (χ4n) is 3.31. The fraction of sp³-hybridized carbons (Fsp3) is 0.381. The first-order valence-corrected chi connectivity index (χ1v) is 11.5. The highest BCUT2D eigenvalue weighted by Crippen LogP contribution is 2.22. The van der Waals surface area contributed by atoms with Gasteiger partial charge in [-0.25, -0.2) is 13.1 Å². The van der Waals surface area contributed by atoms with Crippen LogP contribution in [0, 0.1) is 0 Å². The third kappa shape index (κ3) is 6.19. The molecule has 156 valence electrons. The number of halogens is 1. The zero-order chi connectivity index (χ0) is 20.9. The van der Waals surface area contributed by atoms with E-state index in [2.05, 4.69) is 10.0 Å². The zero-order valence-corrected chi connectivity index (χ0v) is 17.8. The number of hydrogen-bond acceptors (Lipinski definition) is 4. The van der Waals surface area contributed by atoms with E-state index in [1.54, 1.807) is 24.3 Å². The van der Waals surface area contributed by atoms with Gasteiger partial charge in [0, 0.05) is 11.1 Å². The van der Waals surface area contributed by atoms with Crippen molar-refractivity contribution in [3.05, 3.63) is 59.1 Å². The van der Waals surface area contributed by atoms with E-state index >= 15 is 0 Å². The van der Waals surface area contributed by atoms with Gasteiger partial charge in [-0.3, -0.25) is 4.79 Å². The Balaban J connectivity index is 1.50. The Kier molecular flexibility index (Phi) is 7.16. The Morgan fingerprint density at radius 1 is 1.10 bits per heavy atom. The van der Waals surface area contributed by atoms with Gasteiger partial charge in [-0.15, -0.1) is 0 Å². The minimum absolute atomic E-state index is 0.0160. The summed E-state index contributed by atoms with van der Waals surface area (Å²) < 4.78 is 33.1. The molecule has 2 aromatic rings. The zero-order valence-electron chi connectivity index (χ0n) is 16.2. The molecular weight excluding hydrogens is 412 g/mol. The first kappa shape index (κ1) is 21.6. The van der Waals surface area contributed by atoms with Crippen molar-refractivity contribution in [2.75, 3.05) is 6.61 Å². The molecule has 1 amide bonds. The molecule has 1 saturated carbocycles. The molecule has 0 radical (unpaired) electrons. The molecule has 29 heavy (non-hydrogen) atoms. The molecule has 6 nitrogen and oxygen atoms in total. The van der Waals surface area contributed by atoms with Crippen molar-refractivity contribution in [2.45, 2.75) is 49.6 Å². The largest absolute Gasteiger partial charge is 0.484 e. The Morgan fingerprint density at radius 2 is 1.72 bits per heavy atom. The standard InChI is InChI=1S/C21H25ClN2O4S/c1-15(16-6-8-17(22)9-7-16)23-21(25)14-28-19-10-12-20(13-11-19)29(26,27)24-18-4-2-3-5-18/h6-13,15,18,24H,2-5,14H2,1H3,(H,23,25)/t15-/m0/s1. The van der Waals surface area contributed by atoms with Crippen molar-refractivity contribution < 1.29 is 17.9 Å². The fourth-order valence-corrected chi connectivity index (χ4v) is 4.74. The van der Waals surface area contributed by atoms with E-state index < -0.39 is 10.0 Å². The summed E-state index contributed by atoms with van der Waals surface area (Å²) in [4.78, 5) is 12.3. The summed E-state index contributed by atoms with van der Waals surface area (Å²) in [5.41, 5.74) is 0.937. The molecule has 2 N–H and O–H groups in total. The van der Waals surface area contributed by atoms with Crippen LogP contribution in [-0.4, -0.2) is 27.0 Å². The summed E-state index contributed by atoms with van der Waals surface area (Å²) in [6, 6.07) is 13.2. The predicted molar refractivity (Wildman–Crippen MR) is 113 cm³/mol.